The Morgan fingerprint density at radius 2 is 1.19 bits per heavy atom. The Morgan fingerprint density at radius 1 is 0.750 bits per heavy atom. The van der Waals surface area contributed by atoms with Gasteiger partial charge in [0.1, 0.15) is 0 Å². The van der Waals surface area contributed by atoms with Crippen LogP contribution >= 0.6 is 22.7 Å². The molecule has 2 aromatic rings. The summed E-state index contributed by atoms with van der Waals surface area (Å²) in [6, 6.07) is 8.60. The Labute approximate surface area is 105 Å². The number of rotatable bonds is 3. The van der Waals surface area contributed by atoms with Crippen molar-refractivity contribution in [3.8, 4) is 0 Å². The summed E-state index contributed by atoms with van der Waals surface area (Å²) < 4.78 is 0. The second-order valence-corrected chi connectivity index (χ2v) is 6.25. The second-order valence-electron chi connectivity index (χ2n) is 3.62. The molecule has 2 aromatic heterocycles. The highest BCUT2D eigenvalue weighted by Gasteiger charge is 1.90. The van der Waals surface area contributed by atoms with E-state index in [-0.39, 0.29) is 0 Å². The monoisotopic (exact) mass is 246 g/mol. The Bertz CT molecular complexity index is 464. The molecule has 0 aromatic carbocycles. The summed E-state index contributed by atoms with van der Waals surface area (Å²) in [5, 5.41) is 0. The molecule has 0 N–H and O–H groups in total. The van der Waals surface area contributed by atoms with Gasteiger partial charge in [0.05, 0.1) is 0 Å². The molecule has 2 rings (SSSR count). The Kier molecular flexibility index (Phi) is 3.75. The van der Waals surface area contributed by atoms with Gasteiger partial charge in [-0.15, -0.1) is 22.7 Å². The molecule has 0 saturated heterocycles. The van der Waals surface area contributed by atoms with Crippen LogP contribution in [0.25, 0.3) is 12.2 Å². The maximum atomic E-state index is 2.15. The molecule has 0 spiro atoms. The van der Waals surface area contributed by atoms with Crippen LogP contribution < -0.4 is 0 Å². The largest absolute Gasteiger partial charge is 0.141 e. The van der Waals surface area contributed by atoms with Crippen LogP contribution in [0.1, 0.15) is 19.5 Å². The van der Waals surface area contributed by atoms with Crippen molar-refractivity contribution >= 4 is 34.8 Å². The zero-order valence-corrected chi connectivity index (χ0v) is 11.1. The lowest BCUT2D eigenvalue weighted by molar-refractivity contribution is 1.64. The SMILES string of the molecule is Cc1ccc(/C=C/C=C/c2ccc(C)s2)s1. The van der Waals surface area contributed by atoms with E-state index in [0.29, 0.717) is 0 Å². The minimum Gasteiger partial charge on any atom is -0.141 e. The Balaban J connectivity index is 1.96. The van der Waals surface area contributed by atoms with E-state index in [1.165, 1.54) is 19.5 Å². The van der Waals surface area contributed by atoms with Crippen LogP contribution in [0.4, 0.5) is 0 Å². The minimum atomic E-state index is 1.31. The van der Waals surface area contributed by atoms with Crippen LogP contribution in [0.5, 0.6) is 0 Å². The van der Waals surface area contributed by atoms with Gasteiger partial charge in [0, 0.05) is 19.5 Å². The van der Waals surface area contributed by atoms with Gasteiger partial charge in [-0.3, -0.25) is 0 Å². The average Bonchev–Trinajstić information content (AvgIpc) is 2.83. The van der Waals surface area contributed by atoms with Crippen molar-refractivity contribution in [3.63, 3.8) is 0 Å². The quantitative estimate of drug-likeness (QED) is 0.657. The van der Waals surface area contributed by atoms with E-state index in [9.17, 15) is 0 Å². The molecule has 0 amide bonds. The summed E-state index contributed by atoms with van der Waals surface area (Å²) in [5.74, 6) is 0. The molecule has 0 radical (unpaired) electrons. The van der Waals surface area contributed by atoms with Gasteiger partial charge in [-0.2, -0.15) is 0 Å². The van der Waals surface area contributed by atoms with Crippen molar-refractivity contribution in [3.05, 3.63) is 55.9 Å². The predicted molar refractivity (Wildman–Crippen MR) is 76.2 cm³/mol. The van der Waals surface area contributed by atoms with Gasteiger partial charge < -0.3 is 0 Å². The average molecular weight is 246 g/mol. The van der Waals surface area contributed by atoms with E-state index in [2.05, 4.69) is 62.4 Å². The molecule has 82 valence electrons. The van der Waals surface area contributed by atoms with Gasteiger partial charge in [-0.05, 0) is 50.3 Å². The zero-order chi connectivity index (χ0) is 11.4. The third kappa shape index (κ3) is 3.19. The molecule has 0 nitrogen and oxygen atoms in total. The summed E-state index contributed by atoms with van der Waals surface area (Å²) >= 11 is 3.64. The van der Waals surface area contributed by atoms with Gasteiger partial charge in [-0.25, -0.2) is 0 Å². The number of hydrogen-bond acceptors (Lipinski definition) is 2. The zero-order valence-electron chi connectivity index (χ0n) is 9.44. The number of thiophene rings is 2. The first-order valence-electron chi connectivity index (χ1n) is 5.22. The van der Waals surface area contributed by atoms with Crippen LogP contribution in [0.3, 0.4) is 0 Å². The van der Waals surface area contributed by atoms with Crippen molar-refractivity contribution < 1.29 is 0 Å². The van der Waals surface area contributed by atoms with E-state index in [4.69, 9.17) is 0 Å². The summed E-state index contributed by atoms with van der Waals surface area (Å²) in [4.78, 5) is 5.34. The lowest BCUT2D eigenvalue weighted by Gasteiger charge is -1.82. The molecule has 0 bridgehead atoms. The molecule has 2 heteroatoms. The summed E-state index contributed by atoms with van der Waals surface area (Å²) in [6.45, 7) is 4.26. The van der Waals surface area contributed by atoms with Gasteiger partial charge >= 0.3 is 0 Å². The van der Waals surface area contributed by atoms with E-state index in [1.807, 2.05) is 22.7 Å². The predicted octanol–water partition coefficient (Wildman–Crippen LogP) is 5.15. The number of allylic oxidation sites excluding steroid dienone is 2. The Morgan fingerprint density at radius 3 is 1.50 bits per heavy atom. The summed E-state index contributed by atoms with van der Waals surface area (Å²) in [7, 11) is 0. The summed E-state index contributed by atoms with van der Waals surface area (Å²) in [5.41, 5.74) is 0. The first-order chi connectivity index (χ1) is 7.74. The molecular formula is C14H14S2. The van der Waals surface area contributed by atoms with Crippen LogP contribution in [-0.4, -0.2) is 0 Å². The van der Waals surface area contributed by atoms with Crippen LogP contribution in [0.15, 0.2) is 36.4 Å². The standard InChI is InChI=1S/C14H14S2/c1-11-7-9-13(15-11)5-3-4-6-14-10-8-12(2)16-14/h3-10H,1-2H3/b5-3+,6-4+. The third-order valence-corrected chi connectivity index (χ3v) is 4.09. The lowest BCUT2D eigenvalue weighted by Crippen LogP contribution is -1.56. The molecule has 0 aliphatic carbocycles. The molecular weight excluding hydrogens is 232 g/mol. The number of aryl methyl sites for hydroxylation is 2. The smallest absolute Gasteiger partial charge is 0.0273 e. The minimum absolute atomic E-state index is 1.31. The topological polar surface area (TPSA) is 0 Å². The molecule has 0 atom stereocenters. The van der Waals surface area contributed by atoms with E-state index in [0.717, 1.165) is 0 Å². The lowest BCUT2D eigenvalue weighted by atomic mass is 10.3. The van der Waals surface area contributed by atoms with Gasteiger partial charge in [0.25, 0.3) is 0 Å². The third-order valence-electron chi connectivity index (χ3n) is 2.15. The van der Waals surface area contributed by atoms with Crippen molar-refractivity contribution in [2.75, 3.05) is 0 Å². The van der Waals surface area contributed by atoms with Gasteiger partial charge in [-0.1, -0.05) is 12.2 Å². The number of hydrogen-bond donors (Lipinski definition) is 0. The normalized spacial score (nSPS) is 11.9. The fourth-order valence-electron chi connectivity index (χ4n) is 1.39. The van der Waals surface area contributed by atoms with E-state index < -0.39 is 0 Å². The molecule has 0 fully saturated rings. The highest BCUT2D eigenvalue weighted by Crippen LogP contribution is 2.18. The maximum Gasteiger partial charge on any atom is 0.0273 e. The summed E-state index contributed by atoms with van der Waals surface area (Å²) in [6.07, 6.45) is 8.49. The first-order valence-corrected chi connectivity index (χ1v) is 6.85. The molecule has 16 heavy (non-hydrogen) atoms. The highest BCUT2D eigenvalue weighted by atomic mass is 32.1. The van der Waals surface area contributed by atoms with E-state index in [1.54, 1.807) is 0 Å². The van der Waals surface area contributed by atoms with Crippen LogP contribution in [0, 0.1) is 13.8 Å². The fourth-order valence-corrected chi connectivity index (χ4v) is 2.97. The maximum absolute atomic E-state index is 2.15. The molecule has 0 aliphatic heterocycles. The first kappa shape index (κ1) is 11.4. The van der Waals surface area contributed by atoms with Crippen molar-refractivity contribution in [2.45, 2.75) is 13.8 Å². The van der Waals surface area contributed by atoms with Gasteiger partial charge in [0.2, 0.25) is 0 Å². The van der Waals surface area contributed by atoms with Crippen molar-refractivity contribution in [2.24, 2.45) is 0 Å². The Hall–Kier alpha value is -1.12. The molecule has 0 unspecified atom stereocenters. The van der Waals surface area contributed by atoms with Crippen LogP contribution in [0.2, 0.25) is 0 Å². The van der Waals surface area contributed by atoms with Crippen molar-refractivity contribution in [1.82, 2.24) is 0 Å². The van der Waals surface area contributed by atoms with E-state index >= 15 is 0 Å². The van der Waals surface area contributed by atoms with Crippen molar-refractivity contribution in [1.29, 1.82) is 0 Å². The molecule has 0 aliphatic rings. The molecule has 2 heterocycles. The fraction of sp³-hybridized carbons (Fsp3) is 0.143. The van der Waals surface area contributed by atoms with Gasteiger partial charge in [0.15, 0.2) is 0 Å². The molecule has 0 saturated carbocycles. The highest BCUT2D eigenvalue weighted by molar-refractivity contribution is 7.13. The second kappa shape index (κ2) is 5.28. The van der Waals surface area contributed by atoms with Crippen LogP contribution in [-0.2, 0) is 0 Å².